The molecule has 1 aliphatic carbocycles. The molecule has 2 saturated heterocycles. The second-order valence-corrected chi connectivity index (χ2v) is 8.72. The van der Waals surface area contributed by atoms with Crippen LogP contribution in [0.15, 0.2) is 0 Å². The van der Waals surface area contributed by atoms with Gasteiger partial charge in [0.2, 0.25) is 5.91 Å². The number of hydrogen-bond acceptors (Lipinski definition) is 3. The van der Waals surface area contributed by atoms with Gasteiger partial charge in [0.1, 0.15) is 0 Å². The first-order chi connectivity index (χ1) is 12.6. The van der Waals surface area contributed by atoms with E-state index in [4.69, 9.17) is 0 Å². The van der Waals surface area contributed by atoms with Crippen molar-refractivity contribution in [1.29, 1.82) is 0 Å². The zero-order valence-electron chi connectivity index (χ0n) is 16.2. The molecule has 3 fully saturated rings. The Morgan fingerprint density at radius 1 is 0.846 bits per heavy atom. The molecule has 148 valence electrons. The standard InChI is InChI=1S/C21H36N2O3/c24-20(25)15-18-10-14-23(21(26)17-7-3-1-4-8-17)16-19(18)9-13-22-11-5-2-6-12-22/h17-19H,1-16H2,(H,24,25). The second kappa shape index (κ2) is 9.72. The summed E-state index contributed by atoms with van der Waals surface area (Å²) in [6.07, 6.45) is 11.8. The Balaban J connectivity index is 1.56. The fourth-order valence-electron chi connectivity index (χ4n) is 5.24. The summed E-state index contributed by atoms with van der Waals surface area (Å²) in [5.41, 5.74) is 0. The minimum absolute atomic E-state index is 0.225. The number of rotatable bonds is 6. The van der Waals surface area contributed by atoms with Crippen LogP contribution in [0.2, 0.25) is 0 Å². The average Bonchev–Trinajstić information content (AvgIpc) is 2.68. The minimum Gasteiger partial charge on any atom is -0.481 e. The first-order valence-electron chi connectivity index (χ1n) is 10.9. The van der Waals surface area contributed by atoms with Gasteiger partial charge in [-0.05, 0) is 70.0 Å². The number of carbonyl (C=O) groups excluding carboxylic acids is 1. The predicted octanol–water partition coefficient (Wildman–Crippen LogP) is 3.38. The molecule has 3 aliphatic rings. The third kappa shape index (κ3) is 5.45. The lowest BCUT2D eigenvalue weighted by molar-refractivity contribution is -0.141. The van der Waals surface area contributed by atoms with Crippen LogP contribution in [-0.2, 0) is 9.59 Å². The van der Waals surface area contributed by atoms with Crippen LogP contribution < -0.4 is 0 Å². The van der Waals surface area contributed by atoms with Crippen LogP contribution in [0.1, 0.15) is 70.6 Å². The highest BCUT2D eigenvalue weighted by Gasteiger charge is 2.35. The van der Waals surface area contributed by atoms with Crippen LogP contribution in [0.3, 0.4) is 0 Å². The van der Waals surface area contributed by atoms with E-state index in [0.717, 1.165) is 45.3 Å². The van der Waals surface area contributed by atoms with E-state index in [0.29, 0.717) is 11.8 Å². The number of carboxylic acids is 1. The molecular formula is C21H36N2O3. The van der Waals surface area contributed by atoms with Crippen molar-refractivity contribution in [2.45, 2.75) is 70.6 Å². The quantitative estimate of drug-likeness (QED) is 0.785. The van der Waals surface area contributed by atoms with Crippen molar-refractivity contribution in [2.75, 3.05) is 32.7 Å². The molecule has 0 radical (unpaired) electrons. The average molecular weight is 365 g/mol. The topological polar surface area (TPSA) is 60.9 Å². The fraction of sp³-hybridized carbons (Fsp3) is 0.905. The van der Waals surface area contributed by atoms with E-state index in [1.165, 1.54) is 51.6 Å². The molecule has 3 rings (SSSR count). The maximum absolute atomic E-state index is 12.9. The SMILES string of the molecule is O=C(O)CC1CCN(C(=O)C2CCCCC2)CC1CCN1CCCCC1. The Labute approximate surface area is 158 Å². The molecule has 1 N–H and O–H groups in total. The zero-order chi connectivity index (χ0) is 18.4. The third-order valence-corrected chi connectivity index (χ3v) is 6.86. The summed E-state index contributed by atoms with van der Waals surface area (Å²) in [7, 11) is 0. The van der Waals surface area contributed by atoms with Crippen molar-refractivity contribution in [3.63, 3.8) is 0 Å². The first-order valence-corrected chi connectivity index (χ1v) is 10.9. The summed E-state index contributed by atoms with van der Waals surface area (Å²) in [6, 6.07) is 0. The van der Waals surface area contributed by atoms with E-state index in [1.54, 1.807) is 0 Å². The van der Waals surface area contributed by atoms with Crippen LogP contribution in [0.25, 0.3) is 0 Å². The van der Waals surface area contributed by atoms with Gasteiger partial charge in [-0.1, -0.05) is 25.7 Å². The summed E-state index contributed by atoms with van der Waals surface area (Å²) in [4.78, 5) is 28.8. The van der Waals surface area contributed by atoms with E-state index < -0.39 is 5.97 Å². The normalized spacial score (nSPS) is 28.8. The van der Waals surface area contributed by atoms with E-state index in [-0.39, 0.29) is 18.3 Å². The lowest BCUT2D eigenvalue weighted by Crippen LogP contribution is -2.47. The first kappa shape index (κ1) is 19.7. The number of hydrogen-bond donors (Lipinski definition) is 1. The molecule has 1 amide bonds. The van der Waals surface area contributed by atoms with E-state index in [9.17, 15) is 14.7 Å². The van der Waals surface area contributed by atoms with Gasteiger partial charge < -0.3 is 14.9 Å². The fourth-order valence-corrected chi connectivity index (χ4v) is 5.24. The maximum atomic E-state index is 12.9. The molecule has 1 saturated carbocycles. The summed E-state index contributed by atoms with van der Waals surface area (Å²) in [5, 5.41) is 9.29. The molecule has 0 aromatic carbocycles. The minimum atomic E-state index is -0.690. The van der Waals surface area contributed by atoms with Gasteiger partial charge in [-0.15, -0.1) is 0 Å². The smallest absolute Gasteiger partial charge is 0.303 e. The van der Waals surface area contributed by atoms with Crippen molar-refractivity contribution >= 4 is 11.9 Å². The number of carbonyl (C=O) groups is 2. The van der Waals surface area contributed by atoms with Gasteiger partial charge in [0.05, 0.1) is 0 Å². The Morgan fingerprint density at radius 2 is 1.54 bits per heavy atom. The Hall–Kier alpha value is -1.10. The van der Waals surface area contributed by atoms with E-state index in [2.05, 4.69) is 9.80 Å². The molecule has 0 aromatic rings. The van der Waals surface area contributed by atoms with Crippen LogP contribution in [-0.4, -0.2) is 59.5 Å². The van der Waals surface area contributed by atoms with Crippen molar-refractivity contribution in [1.82, 2.24) is 9.80 Å². The summed E-state index contributed by atoms with van der Waals surface area (Å²) >= 11 is 0. The summed E-state index contributed by atoms with van der Waals surface area (Å²) in [6.45, 7) is 4.96. The zero-order valence-corrected chi connectivity index (χ0v) is 16.2. The number of amides is 1. The van der Waals surface area contributed by atoms with Crippen LogP contribution in [0.5, 0.6) is 0 Å². The molecule has 0 spiro atoms. The number of likely N-dealkylation sites (tertiary alicyclic amines) is 2. The monoisotopic (exact) mass is 364 g/mol. The van der Waals surface area contributed by atoms with Crippen molar-refractivity contribution < 1.29 is 14.7 Å². The Bertz CT molecular complexity index is 470. The molecule has 2 aliphatic heterocycles. The summed E-state index contributed by atoms with van der Waals surface area (Å²) < 4.78 is 0. The van der Waals surface area contributed by atoms with Gasteiger partial charge in [0, 0.05) is 25.4 Å². The molecule has 0 bridgehead atoms. The van der Waals surface area contributed by atoms with E-state index in [1.807, 2.05) is 0 Å². The number of carboxylic acid groups (broad SMARTS) is 1. The molecule has 2 unspecified atom stereocenters. The van der Waals surface area contributed by atoms with Crippen LogP contribution in [0.4, 0.5) is 0 Å². The maximum Gasteiger partial charge on any atom is 0.303 e. The van der Waals surface area contributed by atoms with Gasteiger partial charge >= 0.3 is 5.97 Å². The van der Waals surface area contributed by atoms with Gasteiger partial charge in [-0.3, -0.25) is 9.59 Å². The molecule has 5 heteroatoms. The third-order valence-electron chi connectivity index (χ3n) is 6.86. The predicted molar refractivity (Wildman–Crippen MR) is 102 cm³/mol. The molecular weight excluding hydrogens is 328 g/mol. The number of nitrogens with zero attached hydrogens (tertiary/aromatic N) is 2. The number of piperidine rings is 2. The lowest BCUT2D eigenvalue weighted by Gasteiger charge is -2.41. The highest BCUT2D eigenvalue weighted by molar-refractivity contribution is 5.79. The number of aliphatic carboxylic acids is 1. The van der Waals surface area contributed by atoms with Crippen molar-refractivity contribution in [3.05, 3.63) is 0 Å². The van der Waals surface area contributed by atoms with Crippen LogP contribution >= 0.6 is 0 Å². The highest BCUT2D eigenvalue weighted by Crippen LogP contribution is 2.32. The van der Waals surface area contributed by atoms with Gasteiger partial charge in [0.15, 0.2) is 0 Å². The molecule has 0 aromatic heterocycles. The van der Waals surface area contributed by atoms with Crippen LogP contribution in [0, 0.1) is 17.8 Å². The molecule has 5 nitrogen and oxygen atoms in total. The second-order valence-electron chi connectivity index (χ2n) is 8.72. The van der Waals surface area contributed by atoms with E-state index >= 15 is 0 Å². The van der Waals surface area contributed by atoms with Crippen molar-refractivity contribution in [3.8, 4) is 0 Å². The Kier molecular flexibility index (Phi) is 7.35. The van der Waals surface area contributed by atoms with Crippen molar-refractivity contribution in [2.24, 2.45) is 17.8 Å². The Morgan fingerprint density at radius 3 is 2.23 bits per heavy atom. The van der Waals surface area contributed by atoms with Gasteiger partial charge in [-0.25, -0.2) is 0 Å². The van der Waals surface area contributed by atoms with Gasteiger partial charge in [-0.2, -0.15) is 0 Å². The molecule has 2 atom stereocenters. The highest BCUT2D eigenvalue weighted by atomic mass is 16.4. The summed E-state index contributed by atoms with van der Waals surface area (Å²) in [5.74, 6) is 0.455. The van der Waals surface area contributed by atoms with Gasteiger partial charge in [0.25, 0.3) is 0 Å². The largest absolute Gasteiger partial charge is 0.481 e. The molecule has 2 heterocycles. The molecule has 26 heavy (non-hydrogen) atoms. The lowest BCUT2D eigenvalue weighted by atomic mass is 9.80.